The van der Waals surface area contributed by atoms with Crippen molar-refractivity contribution in [2.24, 2.45) is 16.9 Å². The van der Waals surface area contributed by atoms with Crippen molar-refractivity contribution < 1.29 is 0 Å². The number of para-hydroxylation sites is 1. The molecule has 0 aliphatic rings. The highest BCUT2D eigenvalue weighted by atomic mass is 15.1. The van der Waals surface area contributed by atoms with Crippen LogP contribution >= 0.6 is 0 Å². The van der Waals surface area contributed by atoms with Crippen LogP contribution in [-0.2, 0) is 0 Å². The standard InChI is InChI=1S/C21H25N5/c1-21(2,3)17(22)13-18(23)25-20-15-11-7-8-12-16(15)24-19(26-20)14-9-5-4-6-10-14/h4-13,17H,22-23H2,1-3H3,(H,24,25,26)/b18-13+. The van der Waals surface area contributed by atoms with Crippen molar-refractivity contribution >= 4 is 16.7 Å². The molecule has 0 fully saturated rings. The Kier molecular flexibility index (Phi) is 4.91. The van der Waals surface area contributed by atoms with Crippen LogP contribution in [0.2, 0.25) is 0 Å². The van der Waals surface area contributed by atoms with E-state index in [9.17, 15) is 0 Å². The molecule has 0 saturated heterocycles. The van der Waals surface area contributed by atoms with E-state index >= 15 is 0 Å². The number of hydrogen-bond donors (Lipinski definition) is 3. The Hall–Kier alpha value is -2.92. The number of benzene rings is 2. The maximum absolute atomic E-state index is 6.21. The number of hydrogen-bond acceptors (Lipinski definition) is 5. The minimum Gasteiger partial charge on any atom is -0.385 e. The summed E-state index contributed by atoms with van der Waals surface area (Å²) in [6, 6.07) is 17.6. The summed E-state index contributed by atoms with van der Waals surface area (Å²) in [5.41, 5.74) is 14.1. The number of fused-ring (bicyclic) bond motifs is 1. The van der Waals surface area contributed by atoms with Crippen LogP contribution < -0.4 is 16.8 Å². The van der Waals surface area contributed by atoms with Gasteiger partial charge in [0.05, 0.1) is 11.3 Å². The van der Waals surface area contributed by atoms with Crippen LogP contribution in [0.1, 0.15) is 20.8 Å². The summed E-state index contributed by atoms with van der Waals surface area (Å²) in [5.74, 6) is 1.80. The van der Waals surface area contributed by atoms with Crippen LogP contribution in [0.3, 0.4) is 0 Å². The summed E-state index contributed by atoms with van der Waals surface area (Å²) in [4.78, 5) is 9.37. The Morgan fingerprint density at radius 1 is 1.00 bits per heavy atom. The lowest BCUT2D eigenvalue weighted by Gasteiger charge is -2.24. The maximum Gasteiger partial charge on any atom is 0.162 e. The van der Waals surface area contributed by atoms with E-state index in [0.717, 1.165) is 16.5 Å². The molecule has 0 saturated carbocycles. The Bertz CT molecular complexity index is 926. The largest absolute Gasteiger partial charge is 0.385 e. The Balaban J connectivity index is 2.03. The van der Waals surface area contributed by atoms with Crippen LogP contribution in [0.5, 0.6) is 0 Å². The van der Waals surface area contributed by atoms with Crippen molar-refractivity contribution in [3.05, 3.63) is 66.5 Å². The third-order valence-corrected chi connectivity index (χ3v) is 4.26. The first-order valence-electron chi connectivity index (χ1n) is 8.67. The molecule has 1 aromatic heterocycles. The average Bonchev–Trinajstić information content (AvgIpc) is 2.61. The van der Waals surface area contributed by atoms with E-state index in [2.05, 4.69) is 31.1 Å². The van der Waals surface area contributed by atoms with Gasteiger partial charge in [-0.15, -0.1) is 0 Å². The van der Waals surface area contributed by atoms with Gasteiger partial charge in [0.2, 0.25) is 0 Å². The molecule has 1 unspecified atom stereocenters. The molecule has 0 bridgehead atoms. The molecule has 0 aliphatic carbocycles. The molecule has 3 aromatic rings. The summed E-state index contributed by atoms with van der Waals surface area (Å²) < 4.78 is 0. The third kappa shape index (κ3) is 4.00. The molecule has 0 amide bonds. The van der Waals surface area contributed by atoms with Gasteiger partial charge in [-0.25, -0.2) is 9.97 Å². The van der Waals surface area contributed by atoms with Gasteiger partial charge < -0.3 is 16.8 Å². The van der Waals surface area contributed by atoms with Crippen molar-refractivity contribution in [2.75, 3.05) is 5.32 Å². The Morgan fingerprint density at radius 2 is 1.65 bits per heavy atom. The lowest BCUT2D eigenvalue weighted by molar-refractivity contribution is 0.365. The predicted octanol–water partition coefficient (Wildman–Crippen LogP) is 3.88. The topological polar surface area (TPSA) is 89.8 Å². The average molecular weight is 347 g/mol. The highest BCUT2D eigenvalue weighted by Gasteiger charge is 2.19. The first kappa shape index (κ1) is 17.9. The molecular weight excluding hydrogens is 322 g/mol. The smallest absolute Gasteiger partial charge is 0.162 e. The molecule has 5 heteroatoms. The zero-order chi connectivity index (χ0) is 18.7. The van der Waals surface area contributed by atoms with Crippen LogP contribution in [-0.4, -0.2) is 16.0 Å². The molecule has 5 nitrogen and oxygen atoms in total. The fraction of sp³-hybridized carbons (Fsp3) is 0.238. The lowest BCUT2D eigenvalue weighted by Crippen LogP contribution is -2.34. The zero-order valence-corrected chi connectivity index (χ0v) is 15.4. The second-order valence-corrected chi connectivity index (χ2v) is 7.42. The fourth-order valence-electron chi connectivity index (χ4n) is 2.51. The molecular formula is C21H25N5. The molecule has 0 aliphatic heterocycles. The molecule has 3 rings (SSSR count). The van der Waals surface area contributed by atoms with Crippen LogP contribution in [0.25, 0.3) is 22.3 Å². The molecule has 2 aromatic carbocycles. The summed E-state index contributed by atoms with van der Waals surface area (Å²) >= 11 is 0. The van der Waals surface area contributed by atoms with Crippen molar-refractivity contribution in [1.29, 1.82) is 0 Å². The molecule has 1 atom stereocenters. The minimum absolute atomic E-state index is 0.0742. The van der Waals surface area contributed by atoms with E-state index in [1.165, 1.54) is 0 Å². The molecule has 0 radical (unpaired) electrons. The predicted molar refractivity (Wildman–Crippen MR) is 108 cm³/mol. The van der Waals surface area contributed by atoms with E-state index < -0.39 is 0 Å². The van der Waals surface area contributed by atoms with E-state index in [-0.39, 0.29) is 11.5 Å². The van der Waals surface area contributed by atoms with Crippen LogP contribution in [0.4, 0.5) is 5.82 Å². The number of aromatic nitrogens is 2. The number of anilines is 1. The molecule has 26 heavy (non-hydrogen) atoms. The second-order valence-electron chi connectivity index (χ2n) is 7.42. The Labute approximate surface area is 154 Å². The summed E-state index contributed by atoms with van der Waals surface area (Å²) in [5, 5.41) is 4.12. The molecule has 0 spiro atoms. The van der Waals surface area contributed by atoms with Gasteiger partial charge in [-0.3, -0.25) is 0 Å². The molecule has 134 valence electrons. The van der Waals surface area contributed by atoms with E-state index in [1.54, 1.807) is 0 Å². The zero-order valence-electron chi connectivity index (χ0n) is 15.4. The lowest BCUT2D eigenvalue weighted by atomic mass is 9.87. The van der Waals surface area contributed by atoms with Crippen molar-refractivity contribution in [2.45, 2.75) is 26.8 Å². The molecule has 1 heterocycles. The first-order valence-corrected chi connectivity index (χ1v) is 8.67. The quantitative estimate of drug-likeness (QED) is 0.666. The fourth-order valence-corrected chi connectivity index (χ4v) is 2.51. The van der Waals surface area contributed by atoms with Gasteiger partial charge in [-0.05, 0) is 23.6 Å². The van der Waals surface area contributed by atoms with Crippen LogP contribution in [0.15, 0.2) is 66.5 Å². The summed E-state index contributed by atoms with van der Waals surface area (Å²) in [6.07, 6.45) is 1.83. The molecule has 5 N–H and O–H groups in total. The van der Waals surface area contributed by atoms with Crippen molar-refractivity contribution in [1.82, 2.24) is 9.97 Å². The summed E-state index contributed by atoms with van der Waals surface area (Å²) in [6.45, 7) is 6.24. The highest BCUT2D eigenvalue weighted by molar-refractivity contribution is 5.91. The van der Waals surface area contributed by atoms with Crippen molar-refractivity contribution in [3.63, 3.8) is 0 Å². The minimum atomic E-state index is -0.170. The van der Waals surface area contributed by atoms with Gasteiger partial charge in [-0.1, -0.05) is 63.2 Å². The third-order valence-electron chi connectivity index (χ3n) is 4.26. The van der Waals surface area contributed by atoms with Crippen molar-refractivity contribution in [3.8, 4) is 11.4 Å². The number of rotatable bonds is 4. The number of nitrogens with two attached hydrogens (primary N) is 2. The normalized spacial score (nSPS) is 13.6. The van der Waals surface area contributed by atoms with Gasteiger partial charge in [-0.2, -0.15) is 0 Å². The first-order chi connectivity index (χ1) is 12.3. The highest BCUT2D eigenvalue weighted by Crippen LogP contribution is 2.25. The van der Waals surface area contributed by atoms with E-state index in [1.807, 2.05) is 60.7 Å². The Morgan fingerprint density at radius 3 is 2.35 bits per heavy atom. The second kappa shape index (κ2) is 7.14. The monoisotopic (exact) mass is 347 g/mol. The maximum atomic E-state index is 6.21. The summed E-state index contributed by atoms with van der Waals surface area (Å²) in [7, 11) is 0. The SMILES string of the molecule is CC(C)(C)C(N)/C=C(\N)Nc1nc(-c2ccccc2)nc2ccccc12. The van der Waals surface area contributed by atoms with Gasteiger partial charge >= 0.3 is 0 Å². The number of nitrogens with one attached hydrogen (secondary N) is 1. The number of nitrogens with zero attached hydrogens (tertiary/aromatic N) is 2. The van der Waals surface area contributed by atoms with Gasteiger partial charge in [0.25, 0.3) is 0 Å². The van der Waals surface area contributed by atoms with E-state index in [0.29, 0.717) is 17.5 Å². The van der Waals surface area contributed by atoms with E-state index in [4.69, 9.17) is 16.5 Å². The van der Waals surface area contributed by atoms with Gasteiger partial charge in [0.1, 0.15) is 5.82 Å². The van der Waals surface area contributed by atoms with Gasteiger partial charge in [0.15, 0.2) is 5.82 Å². The van der Waals surface area contributed by atoms with Gasteiger partial charge in [0, 0.05) is 17.0 Å². The van der Waals surface area contributed by atoms with Crippen LogP contribution in [0, 0.1) is 5.41 Å².